The molecule has 1 aromatic carbocycles. The standard InChI is InChI=1S/C24H36N4O6/c1-24(2,3)21(23(32)28-11-5-7-17(28)14-29)27-20(30)15-34-12-6-10-26-22(31)16-8-9-18(25)19(13-16)33-4/h8-9,13-14,17,21H,5-7,10-12,15,25H2,1-4H3,(H,26,31)(H,27,30)/t17-,21?/m0/s1. The largest absolute Gasteiger partial charge is 0.495 e. The molecule has 0 saturated carbocycles. The lowest BCUT2D eigenvalue weighted by molar-refractivity contribution is -0.142. The number of benzene rings is 1. The molecule has 10 nitrogen and oxygen atoms in total. The summed E-state index contributed by atoms with van der Waals surface area (Å²) in [6.45, 7) is 6.51. The number of ether oxygens (including phenoxy) is 2. The quantitative estimate of drug-likeness (QED) is 0.247. The van der Waals surface area contributed by atoms with Crippen molar-refractivity contribution >= 4 is 29.7 Å². The molecule has 3 amide bonds. The van der Waals surface area contributed by atoms with Crippen LogP contribution in [0.2, 0.25) is 0 Å². The van der Waals surface area contributed by atoms with Crippen LogP contribution in [0.5, 0.6) is 5.75 Å². The van der Waals surface area contributed by atoms with Crippen LogP contribution in [-0.2, 0) is 19.1 Å². The molecule has 2 atom stereocenters. The van der Waals surface area contributed by atoms with Crippen molar-refractivity contribution in [1.82, 2.24) is 15.5 Å². The number of likely N-dealkylation sites (tertiary alicyclic amines) is 1. The van der Waals surface area contributed by atoms with Crippen molar-refractivity contribution < 1.29 is 28.7 Å². The highest BCUT2D eigenvalue weighted by Crippen LogP contribution is 2.25. The third-order valence-corrected chi connectivity index (χ3v) is 5.64. The predicted molar refractivity (Wildman–Crippen MR) is 127 cm³/mol. The van der Waals surface area contributed by atoms with Gasteiger partial charge in [0.05, 0.1) is 18.8 Å². The van der Waals surface area contributed by atoms with Crippen molar-refractivity contribution in [3.05, 3.63) is 23.8 Å². The Hall–Kier alpha value is -3.14. The van der Waals surface area contributed by atoms with Crippen LogP contribution in [0.3, 0.4) is 0 Å². The Balaban J connectivity index is 1.74. The molecule has 188 valence electrons. The van der Waals surface area contributed by atoms with Gasteiger partial charge in [0.15, 0.2) is 0 Å². The summed E-state index contributed by atoms with van der Waals surface area (Å²) >= 11 is 0. The Morgan fingerprint density at radius 3 is 2.68 bits per heavy atom. The van der Waals surface area contributed by atoms with Crippen molar-refractivity contribution in [3.63, 3.8) is 0 Å². The lowest BCUT2D eigenvalue weighted by Crippen LogP contribution is -2.56. The molecule has 1 aliphatic rings. The molecule has 0 radical (unpaired) electrons. The first kappa shape index (κ1) is 27.1. The van der Waals surface area contributed by atoms with Gasteiger partial charge in [-0.2, -0.15) is 0 Å². The maximum Gasteiger partial charge on any atom is 0.251 e. The zero-order chi connectivity index (χ0) is 25.3. The zero-order valence-electron chi connectivity index (χ0n) is 20.4. The summed E-state index contributed by atoms with van der Waals surface area (Å²) in [5.41, 5.74) is 6.10. The van der Waals surface area contributed by atoms with E-state index < -0.39 is 23.4 Å². The molecule has 1 unspecified atom stereocenters. The van der Waals surface area contributed by atoms with E-state index in [0.29, 0.717) is 42.9 Å². The Bertz CT molecular complexity index is 883. The number of anilines is 1. The molecule has 1 aromatic rings. The monoisotopic (exact) mass is 476 g/mol. The SMILES string of the molecule is COc1cc(C(=O)NCCCOCC(=O)NC(C(=O)N2CCC[C@H]2C=O)C(C)(C)C)ccc1N. The van der Waals surface area contributed by atoms with Gasteiger partial charge in [0.25, 0.3) is 5.91 Å². The highest BCUT2D eigenvalue weighted by atomic mass is 16.5. The fourth-order valence-corrected chi connectivity index (χ4v) is 3.72. The van der Waals surface area contributed by atoms with E-state index in [0.717, 1.165) is 12.7 Å². The molecule has 0 bridgehead atoms. The summed E-state index contributed by atoms with van der Waals surface area (Å²) < 4.78 is 10.5. The van der Waals surface area contributed by atoms with E-state index in [1.165, 1.54) is 7.11 Å². The highest BCUT2D eigenvalue weighted by molar-refractivity contribution is 5.95. The van der Waals surface area contributed by atoms with Gasteiger partial charge >= 0.3 is 0 Å². The lowest BCUT2D eigenvalue weighted by atomic mass is 9.85. The van der Waals surface area contributed by atoms with Crippen molar-refractivity contribution in [2.75, 3.05) is 39.1 Å². The molecule has 1 fully saturated rings. The molecule has 2 rings (SSSR count). The van der Waals surface area contributed by atoms with Gasteiger partial charge in [-0.1, -0.05) is 20.8 Å². The van der Waals surface area contributed by atoms with Gasteiger partial charge < -0.3 is 35.5 Å². The molecule has 1 aliphatic heterocycles. The number of carbonyl (C=O) groups is 4. The van der Waals surface area contributed by atoms with E-state index in [1.54, 1.807) is 23.1 Å². The van der Waals surface area contributed by atoms with E-state index in [9.17, 15) is 19.2 Å². The zero-order valence-corrected chi connectivity index (χ0v) is 20.4. The number of hydrogen-bond donors (Lipinski definition) is 3. The van der Waals surface area contributed by atoms with Gasteiger partial charge in [0.2, 0.25) is 11.8 Å². The molecule has 1 saturated heterocycles. The van der Waals surface area contributed by atoms with E-state index in [4.69, 9.17) is 15.2 Å². The van der Waals surface area contributed by atoms with Crippen LogP contribution in [0, 0.1) is 5.41 Å². The minimum atomic E-state index is -0.764. The smallest absolute Gasteiger partial charge is 0.251 e. The number of nitrogens with zero attached hydrogens (tertiary/aromatic N) is 1. The Morgan fingerprint density at radius 1 is 1.29 bits per heavy atom. The van der Waals surface area contributed by atoms with Crippen LogP contribution in [0.15, 0.2) is 18.2 Å². The second-order valence-corrected chi connectivity index (χ2v) is 9.36. The van der Waals surface area contributed by atoms with Crippen molar-refractivity contribution in [2.24, 2.45) is 5.41 Å². The lowest BCUT2D eigenvalue weighted by Gasteiger charge is -2.34. The molecular formula is C24H36N4O6. The predicted octanol–water partition coefficient (Wildman–Crippen LogP) is 1.13. The summed E-state index contributed by atoms with van der Waals surface area (Å²) in [6.07, 6.45) is 2.71. The number of amides is 3. The van der Waals surface area contributed by atoms with Crippen LogP contribution >= 0.6 is 0 Å². The van der Waals surface area contributed by atoms with Gasteiger partial charge in [-0.25, -0.2) is 0 Å². The highest BCUT2D eigenvalue weighted by Gasteiger charge is 2.39. The molecule has 10 heteroatoms. The Kier molecular flexibility index (Phi) is 9.85. The number of aldehydes is 1. The first-order chi connectivity index (χ1) is 16.1. The van der Waals surface area contributed by atoms with Crippen LogP contribution in [0.25, 0.3) is 0 Å². The molecule has 1 heterocycles. The maximum atomic E-state index is 13.0. The number of methoxy groups -OCH3 is 1. The van der Waals surface area contributed by atoms with Crippen LogP contribution < -0.4 is 21.1 Å². The number of nitrogens with two attached hydrogens (primary N) is 1. The molecule has 0 spiro atoms. The van der Waals surface area contributed by atoms with Crippen molar-refractivity contribution in [2.45, 2.75) is 52.1 Å². The minimum absolute atomic E-state index is 0.208. The summed E-state index contributed by atoms with van der Waals surface area (Å²) in [4.78, 5) is 50.5. The van der Waals surface area contributed by atoms with E-state index >= 15 is 0 Å². The maximum absolute atomic E-state index is 13.0. The molecule has 0 aliphatic carbocycles. The fourth-order valence-electron chi connectivity index (χ4n) is 3.72. The van der Waals surface area contributed by atoms with Crippen LogP contribution in [0.4, 0.5) is 5.69 Å². The summed E-state index contributed by atoms with van der Waals surface area (Å²) in [5, 5.41) is 5.53. The van der Waals surface area contributed by atoms with Gasteiger partial charge in [0, 0.05) is 25.3 Å². The van der Waals surface area contributed by atoms with Gasteiger partial charge in [0.1, 0.15) is 24.7 Å². The Morgan fingerprint density at radius 2 is 2.03 bits per heavy atom. The average molecular weight is 477 g/mol. The van der Waals surface area contributed by atoms with Crippen molar-refractivity contribution in [1.29, 1.82) is 0 Å². The van der Waals surface area contributed by atoms with E-state index in [1.807, 2.05) is 20.8 Å². The van der Waals surface area contributed by atoms with Gasteiger partial charge in [-0.3, -0.25) is 14.4 Å². The normalized spacial score (nSPS) is 16.6. The number of carbonyl (C=O) groups excluding carboxylic acids is 4. The van der Waals surface area contributed by atoms with Crippen LogP contribution in [0.1, 0.15) is 50.4 Å². The first-order valence-electron chi connectivity index (χ1n) is 11.4. The summed E-state index contributed by atoms with van der Waals surface area (Å²) in [6, 6.07) is 3.59. The Labute approximate surface area is 200 Å². The molecular weight excluding hydrogens is 440 g/mol. The number of nitrogen functional groups attached to an aromatic ring is 1. The minimum Gasteiger partial charge on any atom is -0.495 e. The second kappa shape index (κ2) is 12.4. The summed E-state index contributed by atoms with van der Waals surface area (Å²) in [5.74, 6) is -0.496. The first-order valence-corrected chi connectivity index (χ1v) is 11.4. The third kappa shape index (κ3) is 7.44. The number of rotatable bonds is 11. The summed E-state index contributed by atoms with van der Waals surface area (Å²) in [7, 11) is 1.48. The topological polar surface area (TPSA) is 140 Å². The molecule has 4 N–H and O–H groups in total. The van der Waals surface area contributed by atoms with E-state index in [-0.39, 0.29) is 25.0 Å². The van der Waals surface area contributed by atoms with E-state index in [2.05, 4.69) is 10.6 Å². The number of hydrogen-bond acceptors (Lipinski definition) is 7. The average Bonchev–Trinajstić information content (AvgIpc) is 3.27. The molecule has 0 aromatic heterocycles. The van der Waals surface area contributed by atoms with Gasteiger partial charge in [-0.05, 0) is 42.9 Å². The van der Waals surface area contributed by atoms with Gasteiger partial charge in [-0.15, -0.1) is 0 Å². The fraction of sp³-hybridized carbons (Fsp3) is 0.583. The second-order valence-electron chi connectivity index (χ2n) is 9.36. The third-order valence-electron chi connectivity index (χ3n) is 5.64. The number of nitrogens with one attached hydrogen (secondary N) is 2. The molecule has 34 heavy (non-hydrogen) atoms. The van der Waals surface area contributed by atoms with Crippen molar-refractivity contribution in [3.8, 4) is 5.75 Å². The van der Waals surface area contributed by atoms with Crippen LogP contribution in [-0.4, -0.2) is 74.4 Å².